The van der Waals surface area contributed by atoms with Gasteiger partial charge in [-0.05, 0) is 17.7 Å². The minimum atomic E-state index is -1.04. The molecule has 0 spiro atoms. The summed E-state index contributed by atoms with van der Waals surface area (Å²) in [5.41, 5.74) is 0.771. The van der Waals surface area contributed by atoms with Gasteiger partial charge in [-0.25, -0.2) is 4.79 Å². The fourth-order valence-corrected chi connectivity index (χ4v) is 2.24. The van der Waals surface area contributed by atoms with Crippen LogP contribution in [0.15, 0.2) is 24.3 Å². The van der Waals surface area contributed by atoms with Crippen LogP contribution < -0.4 is 0 Å². The molecule has 19 heavy (non-hydrogen) atoms. The number of amides is 1. The van der Waals surface area contributed by atoms with Crippen molar-refractivity contribution in [2.24, 2.45) is 0 Å². The quantitative estimate of drug-likeness (QED) is 0.905. The van der Waals surface area contributed by atoms with Gasteiger partial charge >= 0.3 is 5.97 Å². The Morgan fingerprint density at radius 1 is 1.47 bits per heavy atom. The third-order valence-electron chi connectivity index (χ3n) is 2.98. The molecule has 0 bridgehead atoms. The second-order valence-electron chi connectivity index (χ2n) is 4.32. The fraction of sp³-hybridized carbons (Fsp3) is 0.385. The molecule has 0 saturated carbocycles. The van der Waals surface area contributed by atoms with E-state index in [1.807, 2.05) is 0 Å². The van der Waals surface area contributed by atoms with Gasteiger partial charge in [0.15, 0.2) is 6.04 Å². The van der Waals surface area contributed by atoms with Gasteiger partial charge in [0.25, 0.3) is 0 Å². The van der Waals surface area contributed by atoms with Crippen molar-refractivity contribution in [2.45, 2.75) is 12.5 Å². The monoisotopic (exact) mass is 283 g/mol. The summed E-state index contributed by atoms with van der Waals surface area (Å²) in [4.78, 5) is 24.6. The van der Waals surface area contributed by atoms with Gasteiger partial charge < -0.3 is 14.7 Å². The summed E-state index contributed by atoms with van der Waals surface area (Å²) < 4.78 is 5.10. The molecule has 2 rings (SSSR count). The van der Waals surface area contributed by atoms with Crippen LogP contribution in [0.3, 0.4) is 0 Å². The Hall–Kier alpha value is -1.59. The van der Waals surface area contributed by atoms with E-state index in [4.69, 9.17) is 21.4 Å². The van der Waals surface area contributed by atoms with Gasteiger partial charge in [-0.15, -0.1) is 0 Å². The van der Waals surface area contributed by atoms with Crippen molar-refractivity contribution in [1.29, 1.82) is 0 Å². The average Bonchev–Trinajstić information content (AvgIpc) is 2.38. The number of morpholine rings is 1. The minimum absolute atomic E-state index is 0.0383. The Kier molecular flexibility index (Phi) is 4.39. The number of ether oxygens (including phenoxy) is 1. The van der Waals surface area contributed by atoms with Gasteiger partial charge in [-0.2, -0.15) is 0 Å². The Morgan fingerprint density at radius 3 is 2.95 bits per heavy atom. The zero-order valence-corrected chi connectivity index (χ0v) is 11.0. The maximum atomic E-state index is 12.2. The lowest BCUT2D eigenvalue weighted by Crippen LogP contribution is -2.53. The summed E-state index contributed by atoms with van der Waals surface area (Å²) in [6.07, 6.45) is 0.143. The number of rotatable bonds is 3. The van der Waals surface area contributed by atoms with Crippen LogP contribution in [0.2, 0.25) is 5.02 Å². The van der Waals surface area contributed by atoms with Crippen LogP contribution in [-0.4, -0.2) is 47.7 Å². The second-order valence-corrected chi connectivity index (χ2v) is 4.76. The number of halogens is 1. The van der Waals surface area contributed by atoms with Crippen molar-refractivity contribution < 1.29 is 19.4 Å². The van der Waals surface area contributed by atoms with Crippen molar-refractivity contribution in [1.82, 2.24) is 4.90 Å². The summed E-state index contributed by atoms with van der Waals surface area (Å²) >= 11 is 5.85. The van der Waals surface area contributed by atoms with Gasteiger partial charge in [0.1, 0.15) is 0 Å². The number of hydrogen-bond acceptors (Lipinski definition) is 3. The van der Waals surface area contributed by atoms with E-state index < -0.39 is 12.0 Å². The van der Waals surface area contributed by atoms with Gasteiger partial charge in [0.05, 0.1) is 19.6 Å². The maximum absolute atomic E-state index is 12.2. The third kappa shape index (κ3) is 3.45. The summed E-state index contributed by atoms with van der Waals surface area (Å²) in [6, 6.07) is 6.08. The summed E-state index contributed by atoms with van der Waals surface area (Å²) in [5.74, 6) is -1.27. The Bertz CT molecular complexity index is 491. The predicted molar refractivity (Wildman–Crippen MR) is 69.1 cm³/mol. The van der Waals surface area contributed by atoms with Crippen molar-refractivity contribution in [3.05, 3.63) is 34.9 Å². The van der Waals surface area contributed by atoms with E-state index in [-0.39, 0.29) is 18.9 Å². The van der Waals surface area contributed by atoms with Crippen LogP contribution in [0.4, 0.5) is 0 Å². The molecular formula is C13H14ClNO4. The predicted octanol–water partition coefficient (Wildman–Crippen LogP) is 1.19. The van der Waals surface area contributed by atoms with Gasteiger partial charge in [-0.1, -0.05) is 23.7 Å². The molecule has 1 aliphatic rings. The van der Waals surface area contributed by atoms with Crippen molar-refractivity contribution >= 4 is 23.5 Å². The highest BCUT2D eigenvalue weighted by molar-refractivity contribution is 6.30. The molecule has 1 N–H and O–H groups in total. The number of carbonyl (C=O) groups is 2. The van der Waals surface area contributed by atoms with E-state index in [0.29, 0.717) is 18.2 Å². The van der Waals surface area contributed by atoms with Crippen LogP contribution >= 0.6 is 11.6 Å². The summed E-state index contributed by atoms with van der Waals surface area (Å²) in [5, 5.41) is 9.63. The molecule has 0 aliphatic carbocycles. The molecule has 102 valence electrons. The zero-order chi connectivity index (χ0) is 13.8. The zero-order valence-electron chi connectivity index (χ0n) is 10.2. The summed E-state index contributed by atoms with van der Waals surface area (Å²) in [7, 11) is 0. The SMILES string of the molecule is O=C(O)[C@@H]1COCCN1C(=O)Cc1cccc(Cl)c1. The first-order valence-electron chi connectivity index (χ1n) is 5.92. The number of hydrogen-bond donors (Lipinski definition) is 1. The maximum Gasteiger partial charge on any atom is 0.328 e. The molecule has 6 heteroatoms. The second kappa shape index (κ2) is 6.04. The highest BCUT2D eigenvalue weighted by Gasteiger charge is 2.32. The molecule has 1 fully saturated rings. The van der Waals surface area contributed by atoms with E-state index in [0.717, 1.165) is 5.56 Å². The summed E-state index contributed by atoms with van der Waals surface area (Å²) in [6.45, 7) is 0.706. The Labute approximate surface area is 115 Å². The Balaban J connectivity index is 2.07. The average molecular weight is 284 g/mol. The molecule has 1 aromatic carbocycles. The number of carboxylic acid groups (broad SMARTS) is 1. The third-order valence-corrected chi connectivity index (χ3v) is 3.21. The van der Waals surface area contributed by atoms with E-state index in [2.05, 4.69) is 0 Å². The highest BCUT2D eigenvalue weighted by atomic mass is 35.5. The molecule has 1 heterocycles. The Morgan fingerprint density at radius 2 is 2.26 bits per heavy atom. The lowest BCUT2D eigenvalue weighted by atomic mass is 10.1. The number of nitrogens with zero attached hydrogens (tertiary/aromatic N) is 1. The first-order valence-corrected chi connectivity index (χ1v) is 6.30. The largest absolute Gasteiger partial charge is 0.480 e. The molecule has 1 amide bonds. The first-order chi connectivity index (χ1) is 9.08. The molecule has 5 nitrogen and oxygen atoms in total. The number of carboxylic acids is 1. The van der Waals surface area contributed by atoms with Crippen LogP contribution in [0.1, 0.15) is 5.56 Å². The number of carbonyl (C=O) groups excluding carboxylic acids is 1. The molecular weight excluding hydrogens is 270 g/mol. The molecule has 0 unspecified atom stereocenters. The van der Waals surface area contributed by atoms with E-state index in [1.54, 1.807) is 24.3 Å². The number of benzene rings is 1. The van der Waals surface area contributed by atoms with Crippen molar-refractivity contribution in [2.75, 3.05) is 19.8 Å². The lowest BCUT2D eigenvalue weighted by Gasteiger charge is -2.32. The molecule has 1 saturated heterocycles. The molecule has 1 aliphatic heterocycles. The van der Waals surface area contributed by atoms with Gasteiger partial charge in [-0.3, -0.25) is 4.79 Å². The van der Waals surface area contributed by atoms with Crippen LogP contribution in [0.5, 0.6) is 0 Å². The van der Waals surface area contributed by atoms with Crippen LogP contribution in [-0.2, 0) is 20.7 Å². The highest BCUT2D eigenvalue weighted by Crippen LogP contribution is 2.14. The molecule has 1 aromatic rings. The fourth-order valence-electron chi connectivity index (χ4n) is 2.03. The van der Waals surface area contributed by atoms with Gasteiger partial charge in [0, 0.05) is 11.6 Å². The van der Waals surface area contributed by atoms with Crippen molar-refractivity contribution in [3.63, 3.8) is 0 Å². The van der Waals surface area contributed by atoms with Crippen LogP contribution in [0, 0.1) is 0 Å². The number of aliphatic carboxylic acids is 1. The first kappa shape index (κ1) is 13.8. The van der Waals surface area contributed by atoms with Crippen LogP contribution in [0.25, 0.3) is 0 Å². The smallest absolute Gasteiger partial charge is 0.328 e. The van der Waals surface area contributed by atoms with E-state index in [9.17, 15) is 9.59 Å². The van der Waals surface area contributed by atoms with E-state index >= 15 is 0 Å². The molecule has 0 aromatic heterocycles. The molecule has 0 radical (unpaired) electrons. The van der Waals surface area contributed by atoms with E-state index in [1.165, 1.54) is 4.90 Å². The lowest BCUT2D eigenvalue weighted by molar-refractivity contribution is -0.158. The normalized spacial score (nSPS) is 19.2. The molecule has 1 atom stereocenters. The minimum Gasteiger partial charge on any atom is -0.480 e. The van der Waals surface area contributed by atoms with Gasteiger partial charge in [0.2, 0.25) is 5.91 Å². The topological polar surface area (TPSA) is 66.8 Å². The standard InChI is InChI=1S/C13H14ClNO4/c14-10-3-1-2-9(6-10)7-12(16)15-4-5-19-8-11(15)13(17)18/h1-3,6,11H,4-5,7-8H2,(H,17,18)/t11-/m0/s1. The van der Waals surface area contributed by atoms with Crippen molar-refractivity contribution in [3.8, 4) is 0 Å².